The van der Waals surface area contributed by atoms with Crippen LogP contribution in [0.15, 0.2) is 46.2 Å². The lowest BCUT2D eigenvalue weighted by Gasteiger charge is -2.06. The number of halogens is 3. The van der Waals surface area contributed by atoms with Crippen molar-refractivity contribution in [2.24, 2.45) is 0 Å². The Morgan fingerprint density at radius 1 is 0.947 bits per heavy atom. The highest BCUT2D eigenvalue weighted by molar-refractivity contribution is 7.99. The highest BCUT2D eigenvalue weighted by Gasteiger charge is 2.09. The molecule has 0 aromatic heterocycles. The Balaban J connectivity index is 2.28. The Bertz CT molecular complexity index is 644. The molecule has 0 amide bonds. The van der Waals surface area contributed by atoms with Crippen molar-refractivity contribution in [1.82, 2.24) is 0 Å². The summed E-state index contributed by atoms with van der Waals surface area (Å²) >= 11 is 19.2. The van der Waals surface area contributed by atoms with Crippen LogP contribution in [0.4, 0.5) is 0 Å². The standard InChI is InChI=1S/C13H7Cl3O2S/c14-9-3-2-8(6-10(9)15)19-12-4-1-7(13(17)18)5-11(12)16/h1-6H,(H,17,18). The Kier molecular flexibility index (Phi) is 4.63. The predicted molar refractivity (Wildman–Crippen MR) is 79.0 cm³/mol. The molecule has 0 unspecified atom stereocenters. The lowest BCUT2D eigenvalue weighted by molar-refractivity contribution is 0.0697. The summed E-state index contributed by atoms with van der Waals surface area (Å²) in [6.45, 7) is 0. The van der Waals surface area contributed by atoms with Crippen LogP contribution in [0.1, 0.15) is 10.4 Å². The molecule has 98 valence electrons. The van der Waals surface area contributed by atoms with Gasteiger partial charge in [-0.15, -0.1) is 0 Å². The summed E-state index contributed by atoms with van der Waals surface area (Å²) in [6.07, 6.45) is 0. The molecule has 2 rings (SSSR count). The van der Waals surface area contributed by atoms with Gasteiger partial charge >= 0.3 is 5.97 Å². The molecule has 6 heteroatoms. The molecule has 0 spiro atoms. The molecule has 19 heavy (non-hydrogen) atoms. The minimum atomic E-state index is -1.01. The minimum absolute atomic E-state index is 0.156. The number of rotatable bonds is 3. The van der Waals surface area contributed by atoms with Gasteiger partial charge in [0, 0.05) is 9.79 Å². The first-order chi connectivity index (χ1) is 8.97. The smallest absolute Gasteiger partial charge is 0.335 e. The first-order valence-corrected chi connectivity index (χ1v) is 7.08. The molecule has 2 aromatic carbocycles. The van der Waals surface area contributed by atoms with Gasteiger partial charge in [-0.05, 0) is 36.4 Å². The van der Waals surface area contributed by atoms with Gasteiger partial charge in [-0.2, -0.15) is 0 Å². The SMILES string of the molecule is O=C(O)c1ccc(Sc2ccc(Cl)c(Cl)c2)c(Cl)c1. The number of hydrogen-bond donors (Lipinski definition) is 1. The fraction of sp³-hybridized carbons (Fsp3) is 0. The quantitative estimate of drug-likeness (QED) is 0.806. The van der Waals surface area contributed by atoms with Gasteiger partial charge in [0.25, 0.3) is 0 Å². The Morgan fingerprint density at radius 2 is 1.68 bits per heavy atom. The van der Waals surface area contributed by atoms with Crippen LogP contribution in [0.25, 0.3) is 0 Å². The summed E-state index contributed by atoms with van der Waals surface area (Å²) in [5.41, 5.74) is 0.156. The van der Waals surface area contributed by atoms with E-state index in [1.165, 1.54) is 23.9 Å². The Morgan fingerprint density at radius 3 is 2.26 bits per heavy atom. The monoisotopic (exact) mass is 332 g/mol. The van der Waals surface area contributed by atoms with Crippen molar-refractivity contribution in [2.45, 2.75) is 9.79 Å². The van der Waals surface area contributed by atoms with E-state index >= 15 is 0 Å². The summed E-state index contributed by atoms with van der Waals surface area (Å²) in [5.74, 6) is -1.01. The molecule has 2 aromatic rings. The molecule has 1 N–H and O–H groups in total. The average Bonchev–Trinajstić information content (AvgIpc) is 2.36. The van der Waals surface area contributed by atoms with Gasteiger partial charge in [0.05, 0.1) is 20.6 Å². The third-order valence-electron chi connectivity index (χ3n) is 2.30. The van der Waals surface area contributed by atoms with E-state index < -0.39 is 5.97 Å². The zero-order valence-electron chi connectivity index (χ0n) is 9.36. The molecule has 0 heterocycles. The van der Waals surface area contributed by atoms with Gasteiger partial charge in [-0.25, -0.2) is 4.79 Å². The molecule has 0 aliphatic rings. The summed E-state index contributed by atoms with van der Waals surface area (Å²) in [4.78, 5) is 12.4. The normalized spacial score (nSPS) is 10.5. The van der Waals surface area contributed by atoms with Crippen molar-refractivity contribution in [1.29, 1.82) is 0 Å². The van der Waals surface area contributed by atoms with E-state index in [0.717, 1.165) is 9.79 Å². The van der Waals surface area contributed by atoms with Crippen molar-refractivity contribution >= 4 is 52.5 Å². The van der Waals surface area contributed by atoms with Crippen LogP contribution in [-0.4, -0.2) is 11.1 Å². The Hall–Kier alpha value is -0.870. The number of benzene rings is 2. The average molecular weight is 334 g/mol. The minimum Gasteiger partial charge on any atom is -0.478 e. The molecule has 0 bridgehead atoms. The maximum atomic E-state index is 10.8. The maximum absolute atomic E-state index is 10.8. The van der Waals surface area contributed by atoms with Crippen molar-refractivity contribution in [3.8, 4) is 0 Å². The molecular weight excluding hydrogens is 327 g/mol. The highest BCUT2D eigenvalue weighted by atomic mass is 35.5. The second-order valence-corrected chi connectivity index (χ2v) is 5.97. The fourth-order valence-electron chi connectivity index (χ4n) is 1.38. The number of carboxylic acids is 1. The largest absolute Gasteiger partial charge is 0.478 e. The van der Waals surface area contributed by atoms with Crippen LogP contribution in [0.2, 0.25) is 15.1 Å². The number of carboxylic acid groups (broad SMARTS) is 1. The van der Waals surface area contributed by atoms with Gasteiger partial charge in [0.15, 0.2) is 0 Å². The molecule has 0 radical (unpaired) electrons. The molecule has 0 fully saturated rings. The molecular formula is C13H7Cl3O2S. The fourth-order valence-corrected chi connectivity index (χ4v) is 2.90. The Labute approximate surface area is 129 Å². The molecule has 2 nitrogen and oxygen atoms in total. The van der Waals surface area contributed by atoms with Crippen molar-refractivity contribution in [3.05, 3.63) is 57.0 Å². The van der Waals surface area contributed by atoms with E-state index in [4.69, 9.17) is 39.9 Å². The van der Waals surface area contributed by atoms with Gasteiger partial charge in [-0.3, -0.25) is 0 Å². The van der Waals surface area contributed by atoms with Gasteiger partial charge < -0.3 is 5.11 Å². The van der Waals surface area contributed by atoms with Gasteiger partial charge in [-0.1, -0.05) is 46.6 Å². The van der Waals surface area contributed by atoms with Crippen LogP contribution in [-0.2, 0) is 0 Å². The summed E-state index contributed by atoms with van der Waals surface area (Å²) in [6, 6.07) is 9.85. The second-order valence-electron chi connectivity index (χ2n) is 3.63. The molecule has 0 aliphatic carbocycles. The van der Waals surface area contributed by atoms with Crippen LogP contribution in [0.3, 0.4) is 0 Å². The van der Waals surface area contributed by atoms with Gasteiger partial charge in [0.1, 0.15) is 0 Å². The second kappa shape index (κ2) is 6.06. The van der Waals surface area contributed by atoms with Crippen molar-refractivity contribution in [3.63, 3.8) is 0 Å². The van der Waals surface area contributed by atoms with E-state index in [2.05, 4.69) is 0 Å². The van der Waals surface area contributed by atoms with E-state index in [1.54, 1.807) is 18.2 Å². The lowest BCUT2D eigenvalue weighted by Crippen LogP contribution is -1.95. The molecule has 0 saturated heterocycles. The first kappa shape index (κ1) is 14.5. The zero-order valence-corrected chi connectivity index (χ0v) is 12.4. The lowest BCUT2D eigenvalue weighted by atomic mass is 10.2. The van der Waals surface area contributed by atoms with Gasteiger partial charge in [0.2, 0.25) is 0 Å². The zero-order chi connectivity index (χ0) is 14.0. The van der Waals surface area contributed by atoms with Crippen molar-refractivity contribution < 1.29 is 9.90 Å². The van der Waals surface area contributed by atoms with Crippen molar-refractivity contribution in [2.75, 3.05) is 0 Å². The van der Waals surface area contributed by atoms with E-state index in [9.17, 15) is 4.79 Å². The number of hydrogen-bond acceptors (Lipinski definition) is 2. The maximum Gasteiger partial charge on any atom is 0.335 e. The summed E-state index contributed by atoms with van der Waals surface area (Å²) < 4.78 is 0. The summed E-state index contributed by atoms with van der Waals surface area (Å²) in [5, 5.41) is 10.2. The number of carbonyl (C=O) groups is 1. The van der Waals surface area contributed by atoms with Crippen LogP contribution >= 0.6 is 46.6 Å². The van der Waals surface area contributed by atoms with E-state index in [1.807, 2.05) is 6.07 Å². The predicted octanol–water partition coefficient (Wildman–Crippen LogP) is 5.50. The van der Waals surface area contributed by atoms with Crippen LogP contribution in [0, 0.1) is 0 Å². The summed E-state index contributed by atoms with van der Waals surface area (Å²) in [7, 11) is 0. The molecule has 0 atom stereocenters. The topological polar surface area (TPSA) is 37.3 Å². The first-order valence-electron chi connectivity index (χ1n) is 5.13. The molecule has 0 saturated carbocycles. The van der Waals surface area contributed by atoms with E-state index in [-0.39, 0.29) is 5.56 Å². The van der Waals surface area contributed by atoms with Crippen LogP contribution < -0.4 is 0 Å². The van der Waals surface area contributed by atoms with Crippen LogP contribution in [0.5, 0.6) is 0 Å². The number of aromatic carboxylic acids is 1. The highest BCUT2D eigenvalue weighted by Crippen LogP contribution is 2.36. The third-order valence-corrected chi connectivity index (χ3v) is 4.53. The third kappa shape index (κ3) is 3.57. The van der Waals surface area contributed by atoms with E-state index in [0.29, 0.717) is 15.1 Å². The molecule has 0 aliphatic heterocycles.